The lowest BCUT2D eigenvalue weighted by molar-refractivity contribution is 1.22. The zero-order chi connectivity index (χ0) is 7.11. The molecule has 0 heterocycles. The van der Waals surface area contributed by atoms with Gasteiger partial charge in [-0.05, 0) is 13.3 Å². The van der Waals surface area contributed by atoms with Gasteiger partial charge in [-0.15, -0.1) is 11.6 Å². The Morgan fingerprint density at radius 3 is 2.67 bits per heavy atom. The third-order valence-electron chi connectivity index (χ3n) is 1.02. The first kappa shape index (κ1) is 8.77. The highest BCUT2D eigenvalue weighted by Gasteiger charge is 1.76. The van der Waals surface area contributed by atoms with Gasteiger partial charge >= 0.3 is 0 Å². The van der Waals surface area contributed by atoms with Gasteiger partial charge in [0.15, 0.2) is 0 Å². The first-order chi connectivity index (χ1) is 4.31. The lowest BCUT2D eigenvalue weighted by Gasteiger charge is -1.86. The van der Waals surface area contributed by atoms with Crippen LogP contribution in [0.3, 0.4) is 0 Å². The summed E-state index contributed by atoms with van der Waals surface area (Å²) in [6.07, 6.45) is 7.29. The molecule has 0 N–H and O–H groups in total. The molecular weight excluding hydrogens is 132 g/mol. The van der Waals surface area contributed by atoms with Crippen LogP contribution in [0.5, 0.6) is 0 Å². The predicted octanol–water partition coefficient (Wildman–Crippen LogP) is 3.14. The van der Waals surface area contributed by atoms with Crippen LogP contribution in [0, 0.1) is 0 Å². The summed E-state index contributed by atoms with van der Waals surface area (Å²) in [5.41, 5.74) is 1.24. The van der Waals surface area contributed by atoms with E-state index in [0.717, 1.165) is 6.42 Å². The van der Waals surface area contributed by atoms with Crippen molar-refractivity contribution in [2.24, 2.45) is 0 Å². The Bertz CT molecular complexity index is 112. The maximum atomic E-state index is 5.47. The van der Waals surface area contributed by atoms with E-state index in [1.54, 1.807) is 0 Å². The van der Waals surface area contributed by atoms with Crippen molar-refractivity contribution < 1.29 is 0 Å². The second kappa shape index (κ2) is 5.90. The molecule has 0 radical (unpaired) electrons. The van der Waals surface area contributed by atoms with Crippen LogP contribution in [0.25, 0.3) is 0 Å². The van der Waals surface area contributed by atoms with Crippen LogP contribution in [0.15, 0.2) is 23.8 Å². The third kappa shape index (κ3) is 5.64. The van der Waals surface area contributed by atoms with Gasteiger partial charge in [-0.1, -0.05) is 30.7 Å². The molecule has 0 saturated heterocycles. The monoisotopic (exact) mass is 144 g/mol. The Hall–Kier alpha value is -0.230. The van der Waals surface area contributed by atoms with E-state index in [1.165, 1.54) is 5.57 Å². The Labute approximate surface area is 62.2 Å². The number of hydrogen-bond donors (Lipinski definition) is 0. The fourth-order valence-electron chi connectivity index (χ4n) is 0.493. The van der Waals surface area contributed by atoms with E-state index in [-0.39, 0.29) is 0 Å². The molecule has 0 aliphatic carbocycles. The number of alkyl halides is 1. The molecule has 0 aromatic rings. The lowest BCUT2D eigenvalue weighted by Crippen LogP contribution is -1.68. The SMILES string of the molecule is CC/C=C\C(C)=C/CCl. The predicted molar refractivity (Wildman–Crippen MR) is 43.9 cm³/mol. The molecule has 0 rings (SSSR count). The van der Waals surface area contributed by atoms with Gasteiger partial charge < -0.3 is 0 Å². The fourth-order valence-corrected chi connectivity index (χ4v) is 0.737. The summed E-state index contributed by atoms with van der Waals surface area (Å²) in [6, 6.07) is 0. The van der Waals surface area contributed by atoms with Crippen molar-refractivity contribution in [2.45, 2.75) is 20.3 Å². The highest BCUT2D eigenvalue weighted by molar-refractivity contribution is 6.18. The van der Waals surface area contributed by atoms with E-state index in [1.807, 2.05) is 6.08 Å². The van der Waals surface area contributed by atoms with Gasteiger partial charge in [-0.2, -0.15) is 0 Å². The molecular formula is C8H13Cl. The van der Waals surface area contributed by atoms with Gasteiger partial charge in [-0.3, -0.25) is 0 Å². The smallest absolute Gasteiger partial charge is 0.0409 e. The van der Waals surface area contributed by atoms with Crippen LogP contribution in [-0.2, 0) is 0 Å². The highest BCUT2D eigenvalue weighted by Crippen LogP contribution is 1.96. The van der Waals surface area contributed by atoms with Crippen LogP contribution in [0.1, 0.15) is 20.3 Å². The molecule has 52 valence electrons. The molecule has 0 spiro atoms. The van der Waals surface area contributed by atoms with E-state index < -0.39 is 0 Å². The summed E-state index contributed by atoms with van der Waals surface area (Å²) >= 11 is 5.47. The van der Waals surface area contributed by atoms with Crippen LogP contribution >= 0.6 is 11.6 Å². The summed E-state index contributed by atoms with van der Waals surface area (Å²) < 4.78 is 0. The van der Waals surface area contributed by atoms with E-state index in [4.69, 9.17) is 11.6 Å². The average Bonchev–Trinajstić information content (AvgIpc) is 1.85. The zero-order valence-electron chi connectivity index (χ0n) is 6.02. The standard InChI is InChI=1S/C8H13Cl/c1-3-4-5-8(2)6-7-9/h4-6H,3,7H2,1-2H3/b5-4-,8-6-. The van der Waals surface area contributed by atoms with Gasteiger partial charge in [0.25, 0.3) is 0 Å². The summed E-state index contributed by atoms with van der Waals surface area (Å²) in [4.78, 5) is 0. The molecule has 0 bridgehead atoms. The number of halogens is 1. The van der Waals surface area contributed by atoms with Crippen molar-refractivity contribution in [3.63, 3.8) is 0 Å². The molecule has 0 aromatic carbocycles. The highest BCUT2D eigenvalue weighted by atomic mass is 35.5. The Morgan fingerprint density at radius 1 is 1.56 bits per heavy atom. The second-order valence-electron chi connectivity index (χ2n) is 1.91. The van der Waals surface area contributed by atoms with Crippen molar-refractivity contribution >= 4 is 11.6 Å². The minimum atomic E-state index is 0.611. The van der Waals surface area contributed by atoms with Gasteiger partial charge in [0.2, 0.25) is 0 Å². The van der Waals surface area contributed by atoms with E-state index in [2.05, 4.69) is 26.0 Å². The molecule has 0 nitrogen and oxygen atoms in total. The fraction of sp³-hybridized carbons (Fsp3) is 0.500. The zero-order valence-corrected chi connectivity index (χ0v) is 6.78. The largest absolute Gasteiger partial charge is 0.122 e. The molecule has 0 aliphatic heterocycles. The number of hydrogen-bond acceptors (Lipinski definition) is 0. The van der Waals surface area contributed by atoms with E-state index >= 15 is 0 Å². The maximum absolute atomic E-state index is 5.47. The third-order valence-corrected chi connectivity index (χ3v) is 1.17. The van der Waals surface area contributed by atoms with Crippen molar-refractivity contribution in [3.8, 4) is 0 Å². The summed E-state index contributed by atoms with van der Waals surface area (Å²) in [7, 11) is 0. The molecule has 9 heavy (non-hydrogen) atoms. The minimum Gasteiger partial charge on any atom is -0.122 e. The first-order valence-corrected chi connectivity index (χ1v) is 3.74. The first-order valence-electron chi connectivity index (χ1n) is 3.20. The summed E-state index contributed by atoms with van der Waals surface area (Å²) in [6.45, 7) is 4.17. The van der Waals surface area contributed by atoms with Crippen molar-refractivity contribution in [1.29, 1.82) is 0 Å². The molecule has 0 aliphatic rings. The molecule has 1 heteroatoms. The maximum Gasteiger partial charge on any atom is 0.0409 e. The topological polar surface area (TPSA) is 0 Å². The molecule has 0 atom stereocenters. The Kier molecular flexibility index (Phi) is 5.75. The second-order valence-corrected chi connectivity index (χ2v) is 2.22. The van der Waals surface area contributed by atoms with Gasteiger partial charge in [0.1, 0.15) is 0 Å². The summed E-state index contributed by atoms with van der Waals surface area (Å²) in [5.74, 6) is 0.611. The molecule has 0 fully saturated rings. The van der Waals surface area contributed by atoms with E-state index in [0.29, 0.717) is 5.88 Å². The Morgan fingerprint density at radius 2 is 2.22 bits per heavy atom. The van der Waals surface area contributed by atoms with Crippen molar-refractivity contribution in [1.82, 2.24) is 0 Å². The Balaban J connectivity index is 3.60. The van der Waals surface area contributed by atoms with Crippen molar-refractivity contribution in [2.75, 3.05) is 5.88 Å². The van der Waals surface area contributed by atoms with Crippen LogP contribution in [0.4, 0.5) is 0 Å². The van der Waals surface area contributed by atoms with Crippen LogP contribution < -0.4 is 0 Å². The molecule has 0 aromatic heterocycles. The summed E-state index contributed by atoms with van der Waals surface area (Å²) in [5, 5.41) is 0. The molecule has 0 unspecified atom stereocenters. The van der Waals surface area contributed by atoms with E-state index in [9.17, 15) is 0 Å². The van der Waals surface area contributed by atoms with Crippen LogP contribution in [0.2, 0.25) is 0 Å². The van der Waals surface area contributed by atoms with Gasteiger partial charge in [-0.25, -0.2) is 0 Å². The average molecular weight is 145 g/mol. The lowest BCUT2D eigenvalue weighted by atomic mass is 10.2. The van der Waals surface area contributed by atoms with Crippen molar-refractivity contribution in [3.05, 3.63) is 23.8 Å². The quantitative estimate of drug-likeness (QED) is 0.422. The minimum absolute atomic E-state index is 0.611. The van der Waals surface area contributed by atoms with Gasteiger partial charge in [0.05, 0.1) is 0 Å². The number of allylic oxidation sites excluding steroid dienone is 4. The molecule has 0 saturated carbocycles. The number of rotatable bonds is 3. The normalized spacial score (nSPS) is 13.0. The van der Waals surface area contributed by atoms with Crippen LogP contribution in [-0.4, -0.2) is 5.88 Å². The van der Waals surface area contributed by atoms with Gasteiger partial charge in [0, 0.05) is 5.88 Å². The molecule has 0 amide bonds.